The normalized spacial score (nSPS) is 15.9. The van der Waals surface area contributed by atoms with Crippen molar-refractivity contribution in [1.29, 1.82) is 0 Å². The molecule has 1 heterocycles. The third-order valence-corrected chi connectivity index (χ3v) is 2.95. The highest BCUT2D eigenvalue weighted by Crippen LogP contribution is 2.31. The van der Waals surface area contributed by atoms with Crippen LogP contribution in [0.1, 0.15) is 5.56 Å². The zero-order chi connectivity index (χ0) is 12.4. The summed E-state index contributed by atoms with van der Waals surface area (Å²) in [6.07, 6.45) is 0.406. The minimum atomic E-state index is -0.395. The number of aliphatic hydroxyl groups excluding tert-OH is 1. The third-order valence-electron chi connectivity index (χ3n) is 2.95. The van der Waals surface area contributed by atoms with Crippen molar-refractivity contribution in [2.24, 2.45) is 5.73 Å². The van der Waals surface area contributed by atoms with E-state index < -0.39 is 6.04 Å². The number of fused-ring (bicyclic) bond motifs is 1. The minimum Gasteiger partial charge on any atom is -0.395 e. The van der Waals surface area contributed by atoms with Crippen LogP contribution in [0.2, 0.25) is 0 Å². The van der Waals surface area contributed by atoms with Gasteiger partial charge in [-0.15, -0.1) is 0 Å². The molecule has 17 heavy (non-hydrogen) atoms. The van der Waals surface area contributed by atoms with E-state index in [-0.39, 0.29) is 12.5 Å². The molecule has 0 saturated heterocycles. The Morgan fingerprint density at radius 3 is 3.00 bits per heavy atom. The molecule has 0 saturated carbocycles. The number of nitrogens with one attached hydrogen (secondary N) is 1. The van der Waals surface area contributed by atoms with Gasteiger partial charge >= 0.3 is 0 Å². The summed E-state index contributed by atoms with van der Waals surface area (Å²) in [5.74, 6) is 0.0390. The maximum absolute atomic E-state index is 11.9. The third kappa shape index (κ3) is 2.25. The van der Waals surface area contributed by atoms with E-state index in [0.717, 1.165) is 16.9 Å². The van der Waals surface area contributed by atoms with Gasteiger partial charge in [-0.1, -0.05) is 0 Å². The van der Waals surface area contributed by atoms with Crippen LogP contribution in [0.3, 0.4) is 0 Å². The average molecular weight is 235 g/mol. The Bertz CT molecular complexity index is 434. The van der Waals surface area contributed by atoms with Gasteiger partial charge in [-0.05, 0) is 23.8 Å². The first kappa shape index (κ1) is 11.9. The maximum Gasteiger partial charge on any atom is 0.231 e. The Morgan fingerprint density at radius 1 is 1.59 bits per heavy atom. The van der Waals surface area contributed by atoms with Gasteiger partial charge in [0.05, 0.1) is 13.0 Å². The summed E-state index contributed by atoms with van der Waals surface area (Å²) in [5.41, 5.74) is 8.57. The van der Waals surface area contributed by atoms with Gasteiger partial charge in [0.2, 0.25) is 5.91 Å². The monoisotopic (exact) mass is 235 g/mol. The number of nitrogens with two attached hydrogens (primary N) is 1. The summed E-state index contributed by atoms with van der Waals surface area (Å²) >= 11 is 0. The summed E-state index contributed by atoms with van der Waals surface area (Å²) in [5, 5.41) is 12.0. The van der Waals surface area contributed by atoms with Crippen molar-refractivity contribution in [3.8, 4) is 0 Å². The van der Waals surface area contributed by atoms with E-state index >= 15 is 0 Å². The number of aliphatic hydroxyl groups is 1. The van der Waals surface area contributed by atoms with Gasteiger partial charge in [-0.25, -0.2) is 0 Å². The molecule has 2 rings (SSSR count). The lowest BCUT2D eigenvalue weighted by molar-refractivity contribution is -0.117. The van der Waals surface area contributed by atoms with Crippen LogP contribution in [0.5, 0.6) is 0 Å². The van der Waals surface area contributed by atoms with Crippen molar-refractivity contribution >= 4 is 17.3 Å². The van der Waals surface area contributed by atoms with Crippen LogP contribution < -0.4 is 16.0 Å². The molecule has 1 aromatic rings. The SMILES string of the molecule is CNc1ccc2c(c1)CC(=O)N2CC(N)CO. The fraction of sp³-hybridized carbons (Fsp3) is 0.417. The van der Waals surface area contributed by atoms with E-state index in [4.69, 9.17) is 10.8 Å². The Labute approximate surface area is 100 Å². The van der Waals surface area contributed by atoms with Crippen molar-refractivity contribution in [3.05, 3.63) is 23.8 Å². The number of carbonyl (C=O) groups excluding carboxylic acids is 1. The van der Waals surface area contributed by atoms with Crippen LogP contribution in [-0.2, 0) is 11.2 Å². The van der Waals surface area contributed by atoms with Gasteiger partial charge in [-0.3, -0.25) is 4.79 Å². The maximum atomic E-state index is 11.9. The van der Waals surface area contributed by atoms with Gasteiger partial charge < -0.3 is 21.1 Å². The lowest BCUT2D eigenvalue weighted by Gasteiger charge is -2.20. The van der Waals surface area contributed by atoms with Crippen LogP contribution in [-0.4, -0.2) is 37.3 Å². The second kappa shape index (κ2) is 4.73. The van der Waals surface area contributed by atoms with Crippen molar-refractivity contribution in [3.63, 3.8) is 0 Å². The minimum absolute atomic E-state index is 0.0390. The molecular weight excluding hydrogens is 218 g/mol. The van der Waals surface area contributed by atoms with E-state index in [1.165, 1.54) is 0 Å². The second-order valence-electron chi connectivity index (χ2n) is 4.22. The van der Waals surface area contributed by atoms with Crippen LogP contribution in [0, 0.1) is 0 Å². The molecule has 0 radical (unpaired) electrons. The van der Waals surface area contributed by atoms with Crippen LogP contribution in [0.15, 0.2) is 18.2 Å². The van der Waals surface area contributed by atoms with Crippen molar-refractivity contribution in [1.82, 2.24) is 0 Å². The molecule has 0 spiro atoms. The summed E-state index contributed by atoms with van der Waals surface area (Å²) in [4.78, 5) is 13.5. The van der Waals surface area contributed by atoms with Crippen molar-refractivity contribution < 1.29 is 9.90 Å². The van der Waals surface area contributed by atoms with E-state index in [0.29, 0.717) is 13.0 Å². The van der Waals surface area contributed by atoms with Gasteiger partial charge in [0.15, 0.2) is 0 Å². The van der Waals surface area contributed by atoms with Crippen LogP contribution in [0.25, 0.3) is 0 Å². The molecule has 1 aliphatic rings. The Balaban J connectivity index is 2.25. The first-order chi connectivity index (χ1) is 8.15. The number of hydrogen-bond donors (Lipinski definition) is 3. The zero-order valence-electron chi connectivity index (χ0n) is 9.81. The first-order valence-corrected chi connectivity index (χ1v) is 5.63. The lowest BCUT2D eigenvalue weighted by atomic mass is 10.1. The smallest absolute Gasteiger partial charge is 0.231 e. The molecule has 4 N–H and O–H groups in total. The Hall–Kier alpha value is -1.59. The predicted octanol–water partition coefficient (Wildman–Crippen LogP) is -0.0630. The molecule has 92 valence electrons. The number of nitrogens with zero attached hydrogens (tertiary/aromatic N) is 1. The predicted molar refractivity (Wildman–Crippen MR) is 67.1 cm³/mol. The fourth-order valence-corrected chi connectivity index (χ4v) is 2.03. The number of benzene rings is 1. The Kier molecular flexibility index (Phi) is 3.31. The molecule has 5 nitrogen and oxygen atoms in total. The average Bonchev–Trinajstić information content (AvgIpc) is 2.64. The van der Waals surface area contributed by atoms with Gasteiger partial charge in [0.25, 0.3) is 0 Å². The standard InChI is InChI=1S/C12H17N3O2/c1-14-10-2-3-11-8(4-10)5-12(17)15(11)6-9(13)7-16/h2-4,9,14,16H,5-7,13H2,1H3. The molecule has 5 heteroatoms. The van der Waals surface area contributed by atoms with Crippen LogP contribution in [0.4, 0.5) is 11.4 Å². The lowest BCUT2D eigenvalue weighted by Crippen LogP contribution is -2.41. The summed E-state index contributed by atoms with van der Waals surface area (Å²) in [6, 6.07) is 5.41. The molecule has 1 amide bonds. The molecule has 0 aromatic heterocycles. The number of rotatable bonds is 4. The molecule has 1 aliphatic heterocycles. The Morgan fingerprint density at radius 2 is 2.35 bits per heavy atom. The summed E-state index contributed by atoms with van der Waals surface area (Å²) in [6.45, 7) is 0.245. The van der Waals surface area contributed by atoms with Gasteiger partial charge in [0, 0.05) is 31.0 Å². The molecule has 0 bridgehead atoms. The first-order valence-electron chi connectivity index (χ1n) is 5.63. The van der Waals surface area contributed by atoms with E-state index in [1.807, 2.05) is 25.2 Å². The van der Waals surface area contributed by atoms with Gasteiger partial charge in [-0.2, -0.15) is 0 Å². The molecule has 1 unspecified atom stereocenters. The van der Waals surface area contributed by atoms with Crippen molar-refractivity contribution in [2.45, 2.75) is 12.5 Å². The van der Waals surface area contributed by atoms with E-state index in [1.54, 1.807) is 4.90 Å². The molecule has 0 fully saturated rings. The van der Waals surface area contributed by atoms with Crippen LogP contribution >= 0.6 is 0 Å². The van der Waals surface area contributed by atoms with Gasteiger partial charge in [0.1, 0.15) is 0 Å². The van der Waals surface area contributed by atoms with E-state index in [2.05, 4.69) is 5.32 Å². The molecule has 1 aromatic carbocycles. The molecule has 0 aliphatic carbocycles. The quantitative estimate of drug-likeness (QED) is 0.683. The zero-order valence-corrected chi connectivity index (χ0v) is 9.81. The summed E-state index contributed by atoms with van der Waals surface area (Å²) < 4.78 is 0. The fourth-order valence-electron chi connectivity index (χ4n) is 2.03. The number of anilines is 2. The second-order valence-corrected chi connectivity index (χ2v) is 4.22. The highest BCUT2D eigenvalue weighted by molar-refractivity contribution is 6.01. The number of amides is 1. The number of carbonyl (C=O) groups is 1. The molecule has 1 atom stereocenters. The largest absolute Gasteiger partial charge is 0.395 e. The topological polar surface area (TPSA) is 78.6 Å². The highest BCUT2D eigenvalue weighted by atomic mass is 16.3. The molecular formula is C12H17N3O2. The van der Waals surface area contributed by atoms with Crippen molar-refractivity contribution in [2.75, 3.05) is 30.4 Å². The highest BCUT2D eigenvalue weighted by Gasteiger charge is 2.28. The van der Waals surface area contributed by atoms with E-state index in [9.17, 15) is 4.79 Å². The number of hydrogen-bond acceptors (Lipinski definition) is 4. The summed E-state index contributed by atoms with van der Waals surface area (Å²) in [7, 11) is 1.85.